The zero-order valence-electron chi connectivity index (χ0n) is 22.4. The van der Waals surface area contributed by atoms with E-state index >= 15 is 0 Å². The molecule has 0 aliphatic heterocycles. The van der Waals surface area contributed by atoms with Crippen molar-refractivity contribution in [3.63, 3.8) is 0 Å². The van der Waals surface area contributed by atoms with Gasteiger partial charge in [0.05, 0.1) is 4.92 Å². The molecule has 5 nitrogen and oxygen atoms in total. The van der Waals surface area contributed by atoms with E-state index in [9.17, 15) is 14.9 Å². The van der Waals surface area contributed by atoms with Crippen LogP contribution in [0.1, 0.15) is 112 Å². The lowest BCUT2D eigenvalue weighted by atomic mass is 9.46. The minimum Gasteiger partial charge on any atom is -0.462 e. The molecule has 192 valence electrons. The molecule has 0 unspecified atom stereocenters. The van der Waals surface area contributed by atoms with Gasteiger partial charge in [-0.2, -0.15) is 0 Å². The third-order valence-electron chi connectivity index (χ3n) is 10.9. The lowest BCUT2D eigenvalue weighted by molar-refractivity contribution is -0.434. The number of esters is 1. The molecule has 8 atom stereocenters. The number of ether oxygens (including phenoxy) is 1. The van der Waals surface area contributed by atoms with Gasteiger partial charge in [0.2, 0.25) is 5.70 Å². The van der Waals surface area contributed by atoms with E-state index in [0.717, 1.165) is 36.2 Å². The van der Waals surface area contributed by atoms with Gasteiger partial charge in [-0.05, 0) is 84.9 Å². The molecule has 0 aromatic carbocycles. The van der Waals surface area contributed by atoms with E-state index in [2.05, 4.69) is 34.6 Å². The van der Waals surface area contributed by atoms with Crippen LogP contribution in [0.3, 0.4) is 0 Å². The van der Waals surface area contributed by atoms with Crippen molar-refractivity contribution in [1.29, 1.82) is 0 Å². The lowest BCUT2D eigenvalue weighted by Gasteiger charge is -2.58. The zero-order chi connectivity index (χ0) is 24.8. The van der Waals surface area contributed by atoms with Crippen LogP contribution >= 0.6 is 0 Å². The second-order valence-electron chi connectivity index (χ2n) is 13.2. The largest absolute Gasteiger partial charge is 0.462 e. The molecule has 4 aliphatic rings. The predicted molar refractivity (Wildman–Crippen MR) is 135 cm³/mol. The van der Waals surface area contributed by atoms with Gasteiger partial charge in [-0.1, -0.05) is 53.9 Å². The van der Waals surface area contributed by atoms with Crippen molar-refractivity contribution in [1.82, 2.24) is 0 Å². The summed E-state index contributed by atoms with van der Waals surface area (Å²) in [7, 11) is 0. The van der Waals surface area contributed by atoms with Crippen molar-refractivity contribution in [2.24, 2.45) is 46.3 Å². The summed E-state index contributed by atoms with van der Waals surface area (Å²) in [6.45, 7) is 13.4. The van der Waals surface area contributed by atoms with E-state index in [0.29, 0.717) is 41.7 Å². The number of allylic oxidation sites excluding steroid dienone is 1. The second kappa shape index (κ2) is 9.58. The van der Waals surface area contributed by atoms with Gasteiger partial charge in [0, 0.05) is 25.3 Å². The van der Waals surface area contributed by atoms with Gasteiger partial charge in [-0.3, -0.25) is 14.9 Å². The molecule has 0 aromatic rings. The summed E-state index contributed by atoms with van der Waals surface area (Å²) in [5.74, 6) is 3.53. The maximum atomic E-state index is 12.3. The second-order valence-corrected chi connectivity index (χ2v) is 13.2. The van der Waals surface area contributed by atoms with E-state index in [1.165, 1.54) is 51.9 Å². The van der Waals surface area contributed by atoms with Crippen LogP contribution in [0, 0.1) is 56.5 Å². The van der Waals surface area contributed by atoms with Crippen LogP contribution < -0.4 is 0 Å². The summed E-state index contributed by atoms with van der Waals surface area (Å²) in [6.07, 6.45) is 11.6. The number of nitro groups is 1. The first-order valence-corrected chi connectivity index (χ1v) is 14.0. The van der Waals surface area contributed by atoms with E-state index in [4.69, 9.17) is 4.74 Å². The summed E-state index contributed by atoms with van der Waals surface area (Å²) in [5.41, 5.74) is 1.66. The van der Waals surface area contributed by atoms with Crippen molar-refractivity contribution in [3.05, 3.63) is 21.4 Å². The minimum atomic E-state index is -0.279. The van der Waals surface area contributed by atoms with Crippen LogP contribution in [0.4, 0.5) is 0 Å². The highest BCUT2D eigenvalue weighted by Gasteiger charge is 2.61. The average Bonchev–Trinajstić information content (AvgIpc) is 3.10. The fourth-order valence-corrected chi connectivity index (χ4v) is 9.29. The first kappa shape index (κ1) is 25.7. The average molecular weight is 474 g/mol. The Morgan fingerprint density at radius 1 is 1.06 bits per heavy atom. The van der Waals surface area contributed by atoms with Crippen LogP contribution in [0.5, 0.6) is 0 Å². The van der Waals surface area contributed by atoms with Crippen molar-refractivity contribution in [3.8, 4) is 0 Å². The summed E-state index contributed by atoms with van der Waals surface area (Å²) < 4.78 is 5.53. The normalized spacial score (nSPS) is 40.4. The van der Waals surface area contributed by atoms with Crippen LogP contribution in [0.25, 0.3) is 0 Å². The number of carbonyl (C=O) groups excluding carboxylic acids is 1. The molecule has 0 heterocycles. The molecule has 0 bridgehead atoms. The number of carbonyl (C=O) groups is 1. The molecule has 0 N–H and O–H groups in total. The van der Waals surface area contributed by atoms with Gasteiger partial charge in [0.1, 0.15) is 6.10 Å². The third kappa shape index (κ3) is 4.46. The van der Waals surface area contributed by atoms with Crippen molar-refractivity contribution >= 4 is 5.97 Å². The van der Waals surface area contributed by atoms with Gasteiger partial charge in [0.25, 0.3) is 0 Å². The summed E-state index contributed by atoms with van der Waals surface area (Å²) in [5, 5.41) is 12.3. The molecule has 0 aromatic heterocycles. The standard InChI is InChI=1S/C29H47NO4/c1-18(2)8-7-9-19(3)23-10-11-24-22-17-27(30(32)33)26-16-21(34-20(4)31)12-14-29(26,6)25(22)13-15-28(23,24)5/h18-19,21-25H,7-17H2,1-6H3/t19-,21-,22+,23-,24+,25+,28-,29-/m1/s1. The number of nitrogens with zero attached hydrogens (tertiary/aromatic N) is 1. The highest BCUT2D eigenvalue weighted by Crippen LogP contribution is 2.68. The molecule has 0 spiro atoms. The van der Waals surface area contributed by atoms with E-state index in [1.807, 2.05) is 0 Å². The smallest absolute Gasteiger partial charge is 0.302 e. The number of hydrogen-bond acceptors (Lipinski definition) is 4. The molecule has 4 aliphatic carbocycles. The summed E-state index contributed by atoms with van der Waals surface area (Å²) in [6, 6.07) is 0. The van der Waals surface area contributed by atoms with Gasteiger partial charge < -0.3 is 4.74 Å². The Bertz CT molecular complexity index is 834. The van der Waals surface area contributed by atoms with Crippen LogP contribution in [0.15, 0.2) is 11.3 Å². The van der Waals surface area contributed by atoms with E-state index in [1.54, 1.807) is 0 Å². The van der Waals surface area contributed by atoms with Gasteiger partial charge in [-0.15, -0.1) is 0 Å². The Balaban J connectivity index is 1.58. The van der Waals surface area contributed by atoms with Crippen molar-refractivity contribution in [2.45, 2.75) is 118 Å². The fourth-order valence-electron chi connectivity index (χ4n) is 9.29. The molecular formula is C29H47NO4. The number of rotatable bonds is 7. The summed E-state index contributed by atoms with van der Waals surface area (Å²) in [4.78, 5) is 23.8. The Labute approximate surface area is 206 Å². The summed E-state index contributed by atoms with van der Waals surface area (Å²) >= 11 is 0. The zero-order valence-corrected chi connectivity index (χ0v) is 22.4. The topological polar surface area (TPSA) is 69.4 Å². The minimum absolute atomic E-state index is 0.0904. The molecule has 0 saturated heterocycles. The van der Waals surface area contributed by atoms with Crippen LogP contribution in [-0.4, -0.2) is 17.0 Å². The monoisotopic (exact) mass is 473 g/mol. The van der Waals surface area contributed by atoms with Crippen LogP contribution in [0.2, 0.25) is 0 Å². The molecule has 4 rings (SSSR count). The van der Waals surface area contributed by atoms with Gasteiger partial charge >= 0.3 is 5.97 Å². The molecule has 3 saturated carbocycles. The highest BCUT2D eigenvalue weighted by atomic mass is 16.6. The first-order chi connectivity index (χ1) is 16.0. The first-order valence-electron chi connectivity index (χ1n) is 14.0. The molecular weight excluding hydrogens is 426 g/mol. The predicted octanol–water partition coefficient (Wildman–Crippen LogP) is 7.56. The third-order valence-corrected chi connectivity index (χ3v) is 10.9. The SMILES string of the molecule is CC(=O)O[C@@H]1CC[C@@]2(C)C(=C([N+](=O)[O-])C[C@H]3[C@@H]4CC[C@H]([C@H](C)CCCC(C)C)[C@@]4(C)CC[C@@H]32)C1. The Hall–Kier alpha value is -1.39. The lowest BCUT2D eigenvalue weighted by Crippen LogP contribution is -2.52. The van der Waals surface area contributed by atoms with Crippen LogP contribution in [-0.2, 0) is 9.53 Å². The number of fused-ring (bicyclic) bond motifs is 5. The van der Waals surface area contributed by atoms with Crippen molar-refractivity contribution in [2.75, 3.05) is 0 Å². The number of hydrogen-bond donors (Lipinski definition) is 0. The molecule has 5 heteroatoms. The van der Waals surface area contributed by atoms with Gasteiger partial charge in [-0.25, -0.2) is 0 Å². The highest BCUT2D eigenvalue weighted by molar-refractivity contribution is 5.66. The Morgan fingerprint density at radius 3 is 2.44 bits per heavy atom. The fraction of sp³-hybridized carbons (Fsp3) is 0.897. The van der Waals surface area contributed by atoms with E-state index in [-0.39, 0.29) is 22.4 Å². The molecule has 0 amide bonds. The quantitative estimate of drug-likeness (QED) is 0.217. The Morgan fingerprint density at radius 2 is 1.79 bits per heavy atom. The van der Waals surface area contributed by atoms with Crippen molar-refractivity contribution < 1.29 is 14.5 Å². The maximum Gasteiger partial charge on any atom is 0.302 e. The molecule has 3 fully saturated rings. The van der Waals surface area contributed by atoms with E-state index < -0.39 is 0 Å². The van der Waals surface area contributed by atoms with Gasteiger partial charge in [0.15, 0.2) is 0 Å². The molecule has 0 radical (unpaired) electrons. The Kier molecular flexibility index (Phi) is 7.24. The maximum absolute atomic E-state index is 12.3. The molecule has 34 heavy (non-hydrogen) atoms.